The van der Waals surface area contributed by atoms with E-state index in [4.69, 9.17) is 4.42 Å². The highest BCUT2D eigenvalue weighted by Crippen LogP contribution is 2.32. The highest BCUT2D eigenvalue weighted by atomic mass is 35.5. The first kappa shape index (κ1) is 25.3. The van der Waals surface area contributed by atoms with E-state index in [0.717, 1.165) is 61.7 Å². The summed E-state index contributed by atoms with van der Waals surface area (Å²) < 4.78 is 7.65. The predicted octanol–water partition coefficient (Wildman–Crippen LogP) is 4.02. The Hall–Kier alpha value is -1.73. The van der Waals surface area contributed by atoms with Crippen LogP contribution in [0.4, 0.5) is 0 Å². The molecule has 3 aromatic rings. The van der Waals surface area contributed by atoms with Crippen molar-refractivity contribution in [3.05, 3.63) is 58.0 Å². The lowest BCUT2D eigenvalue weighted by Crippen LogP contribution is -2.19. The van der Waals surface area contributed by atoms with Gasteiger partial charge in [0.05, 0.1) is 11.9 Å². The second-order valence-electron chi connectivity index (χ2n) is 6.82. The van der Waals surface area contributed by atoms with Gasteiger partial charge in [0.15, 0.2) is 0 Å². The maximum atomic E-state index is 12.4. The maximum Gasteiger partial charge on any atom is 0.339 e. The summed E-state index contributed by atoms with van der Waals surface area (Å²) in [6, 6.07) is 3.58. The third-order valence-corrected chi connectivity index (χ3v) is 5.10. The third-order valence-electron chi connectivity index (χ3n) is 5.10. The first-order valence-corrected chi connectivity index (χ1v) is 9.20. The average molecular weight is 463 g/mol. The number of phenols is 1. The number of halogens is 3. The van der Waals surface area contributed by atoms with E-state index in [1.165, 1.54) is 0 Å². The van der Waals surface area contributed by atoms with E-state index in [2.05, 4.69) is 10.3 Å². The van der Waals surface area contributed by atoms with Gasteiger partial charge in [-0.3, -0.25) is 0 Å². The van der Waals surface area contributed by atoms with E-state index in [1.54, 1.807) is 18.6 Å². The summed E-state index contributed by atoms with van der Waals surface area (Å²) in [5.74, 6) is 0.165. The highest BCUT2D eigenvalue weighted by molar-refractivity contribution is 5.86. The minimum absolute atomic E-state index is 0. The molecule has 4 rings (SSSR count). The van der Waals surface area contributed by atoms with E-state index in [1.807, 2.05) is 16.8 Å². The molecule has 2 N–H and O–H groups in total. The molecule has 160 valence electrons. The number of imidazole rings is 1. The molecule has 2 heterocycles. The largest absolute Gasteiger partial charge is 0.507 e. The number of fused-ring (bicyclic) bond motifs is 3. The van der Waals surface area contributed by atoms with Crippen LogP contribution in [0.2, 0.25) is 0 Å². The van der Waals surface area contributed by atoms with Crippen LogP contribution in [0, 0.1) is 0 Å². The zero-order valence-electron chi connectivity index (χ0n) is 15.9. The van der Waals surface area contributed by atoms with Crippen molar-refractivity contribution < 1.29 is 9.52 Å². The number of aryl methyl sites for hydroxylation is 2. The molecule has 0 bridgehead atoms. The lowest BCUT2D eigenvalue weighted by molar-refractivity contribution is 0.458. The van der Waals surface area contributed by atoms with Crippen LogP contribution in [-0.4, -0.2) is 21.2 Å². The van der Waals surface area contributed by atoms with Gasteiger partial charge in [-0.2, -0.15) is 0 Å². The van der Waals surface area contributed by atoms with Crippen LogP contribution in [0.5, 0.6) is 5.75 Å². The van der Waals surface area contributed by atoms with Gasteiger partial charge in [0.2, 0.25) is 0 Å². The van der Waals surface area contributed by atoms with Gasteiger partial charge < -0.3 is 19.4 Å². The normalized spacial score (nSPS) is 12.4. The van der Waals surface area contributed by atoms with Crippen LogP contribution in [-0.2, 0) is 25.9 Å². The van der Waals surface area contributed by atoms with Crippen molar-refractivity contribution in [2.45, 2.75) is 45.2 Å². The Morgan fingerprint density at radius 3 is 2.62 bits per heavy atom. The van der Waals surface area contributed by atoms with Crippen molar-refractivity contribution >= 4 is 48.2 Å². The molecule has 1 aliphatic rings. The summed E-state index contributed by atoms with van der Waals surface area (Å²) >= 11 is 0. The van der Waals surface area contributed by atoms with Gasteiger partial charge in [-0.15, -0.1) is 37.2 Å². The topological polar surface area (TPSA) is 80.3 Å². The van der Waals surface area contributed by atoms with Gasteiger partial charge >= 0.3 is 5.63 Å². The molecule has 0 spiro atoms. The summed E-state index contributed by atoms with van der Waals surface area (Å²) in [5, 5.41) is 14.6. The van der Waals surface area contributed by atoms with E-state index < -0.39 is 0 Å². The van der Waals surface area contributed by atoms with E-state index in [9.17, 15) is 9.90 Å². The number of nitrogens with zero attached hydrogens (tertiary/aromatic N) is 2. The molecule has 0 unspecified atom stereocenters. The van der Waals surface area contributed by atoms with E-state index >= 15 is 0 Å². The van der Waals surface area contributed by atoms with Crippen LogP contribution in [0.3, 0.4) is 0 Å². The van der Waals surface area contributed by atoms with Crippen molar-refractivity contribution in [1.82, 2.24) is 14.9 Å². The number of aromatic hydroxyl groups is 1. The van der Waals surface area contributed by atoms with Gasteiger partial charge in [0.1, 0.15) is 11.3 Å². The average Bonchev–Trinajstić information content (AvgIpc) is 3.17. The maximum absolute atomic E-state index is 12.4. The number of aromatic nitrogens is 2. The molecule has 0 saturated heterocycles. The Morgan fingerprint density at radius 2 is 1.90 bits per heavy atom. The van der Waals surface area contributed by atoms with Crippen LogP contribution in [0.25, 0.3) is 11.0 Å². The fourth-order valence-corrected chi connectivity index (χ4v) is 3.74. The first-order chi connectivity index (χ1) is 12.7. The molecule has 9 heteroatoms. The Bertz CT molecular complexity index is 974. The molecular weight excluding hydrogens is 437 g/mol. The summed E-state index contributed by atoms with van der Waals surface area (Å²) in [6.45, 7) is 2.15. The summed E-state index contributed by atoms with van der Waals surface area (Å²) in [7, 11) is 0. The quantitative estimate of drug-likeness (QED) is 0.427. The molecule has 29 heavy (non-hydrogen) atoms. The Kier molecular flexibility index (Phi) is 10.00. The van der Waals surface area contributed by atoms with Crippen molar-refractivity contribution in [3.8, 4) is 5.75 Å². The number of nitrogens with one attached hydrogen (secondary N) is 1. The standard InChI is InChI=1S/C20H23N3O3.3ClH/c24-18-7-6-15-14-4-1-2-5-16(14)20(25)26-19(15)17(18)12-21-8-3-10-23-11-9-22-13-23;;;/h6-7,9,11,13,21,24H,1-5,8,10,12H2;3*1H. The van der Waals surface area contributed by atoms with Crippen LogP contribution < -0.4 is 10.9 Å². The zero-order valence-corrected chi connectivity index (χ0v) is 18.4. The fourth-order valence-electron chi connectivity index (χ4n) is 3.74. The summed E-state index contributed by atoms with van der Waals surface area (Å²) in [5.41, 5.74) is 2.85. The van der Waals surface area contributed by atoms with Crippen LogP contribution in [0.15, 0.2) is 40.1 Å². The van der Waals surface area contributed by atoms with Gasteiger partial charge in [0, 0.05) is 36.4 Å². The highest BCUT2D eigenvalue weighted by Gasteiger charge is 2.20. The second kappa shape index (κ2) is 11.5. The molecule has 0 amide bonds. The lowest BCUT2D eigenvalue weighted by atomic mass is 9.90. The SMILES string of the molecule is Cl.Cl.Cl.O=c1oc2c(CNCCCn3ccnc3)c(O)ccc2c2c1CCCC2. The number of hydrogen-bond donors (Lipinski definition) is 2. The molecule has 6 nitrogen and oxygen atoms in total. The van der Waals surface area contributed by atoms with Crippen molar-refractivity contribution in [1.29, 1.82) is 0 Å². The Labute approximate surface area is 187 Å². The van der Waals surface area contributed by atoms with Crippen molar-refractivity contribution in [2.24, 2.45) is 0 Å². The van der Waals surface area contributed by atoms with Gasteiger partial charge in [-0.25, -0.2) is 9.78 Å². The summed E-state index contributed by atoms with van der Waals surface area (Å²) in [6.07, 6.45) is 10.3. The smallest absolute Gasteiger partial charge is 0.339 e. The van der Waals surface area contributed by atoms with Crippen molar-refractivity contribution in [3.63, 3.8) is 0 Å². The Morgan fingerprint density at radius 1 is 1.14 bits per heavy atom. The molecule has 0 radical (unpaired) electrons. The molecular formula is C20H26Cl3N3O3. The summed E-state index contributed by atoms with van der Waals surface area (Å²) in [4.78, 5) is 16.4. The molecule has 0 fully saturated rings. The van der Waals surface area contributed by atoms with Gasteiger partial charge in [0.25, 0.3) is 0 Å². The molecule has 2 aromatic heterocycles. The van der Waals surface area contributed by atoms with E-state index in [-0.39, 0.29) is 48.6 Å². The molecule has 1 aromatic carbocycles. The second-order valence-corrected chi connectivity index (χ2v) is 6.82. The van der Waals surface area contributed by atoms with Gasteiger partial charge in [-0.1, -0.05) is 0 Å². The number of phenolic OH excluding ortho intramolecular Hbond substituents is 1. The zero-order chi connectivity index (χ0) is 17.9. The van der Waals surface area contributed by atoms with Crippen molar-refractivity contribution in [2.75, 3.05) is 6.54 Å². The molecule has 0 aliphatic heterocycles. The third kappa shape index (κ3) is 5.45. The molecule has 1 aliphatic carbocycles. The fraction of sp³-hybridized carbons (Fsp3) is 0.400. The Balaban J connectivity index is 0.00000140. The molecule has 0 atom stereocenters. The predicted molar refractivity (Wildman–Crippen MR) is 121 cm³/mol. The number of rotatable bonds is 6. The number of benzene rings is 1. The van der Waals surface area contributed by atoms with Crippen LogP contribution in [0.1, 0.15) is 36.0 Å². The van der Waals surface area contributed by atoms with Crippen LogP contribution >= 0.6 is 37.2 Å². The minimum atomic E-state index is -0.251. The lowest BCUT2D eigenvalue weighted by Gasteiger charge is -2.18. The first-order valence-electron chi connectivity index (χ1n) is 9.20. The van der Waals surface area contributed by atoms with Gasteiger partial charge in [-0.05, 0) is 56.3 Å². The molecule has 0 saturated carbocycles. The monoisotopic (exact) mass is 461 g/mol. The minimum Gasteiger partial charge on any atom is -0.507 e. The number of hydrogen-bond acceptors (Lipinski definition) is 5. The van der Waals surface area contributed by atoms with E-state index in [0.29, 0.717) is 17.7 Å².